The fourth-order valence-corrected chi connectivity index (χ4v) is 3.98. The minimum atomic E-state index is -2.83. The first kappa shape index (κ1) is 21.1. The van der Waals surface area contributed by atoms with E-state index in [1.54, 1.807) is 0 Å². The standard InChI is InChI=1S/C17H37O3P/c1-4-7-10-11-12-13-14-16-20-21(18,17-9-6-3)19-15-8-5-2/h4-17H2,1-3H3. The summed E-state index contributed by atoms with van der Waals surface area (Å²) < 4.78 is 23.8. The van der Waals surface area contributed by atoms with E-state index < -0.39 is 7.60 Å². The highest BCUT2D eigenvalue weighted by molar-refractivity contribution is 7.53. The van der Waals surface area contributed by atoms with Crippen molar-refractivity contribution < 1.29 is 13.6 Å². The Kier molecular flexibility index (Phi) is 15.2. The summed E-state index contributed by atoms with van der Waals surface area (Å²) >= 11 is 0. The highest BCUT2D eigenvalue weighted by Crippen LogP contribution is 2.49. The molecule has 4 heteroatoms. The van der Waals surface area contributed by atoms with Crippen molar-refractivity contribution in [2.45, 2.75) is 91.4 Å². The van der Waals surface area contributed by atoms with E-state index in [0.29, 0.717) is 19.4 Å². The van der Waals surface area contributed by atoms with Crippen LogP contribution in [-0.4, -0.2) is 19.4 Å². The predicted molar refractivity (Wildman–Crippen MR) is 92.2 cm³/mol. The summed E-state index contributed by atoms with van der Waals surface area (Å²) in [6.07, 6.45) is 13.3. The van der Waals surface area contributed by atoms with Gasteiger partial charge in [0.2, 0.25) is 0 Å². The average Bonchev–Trinajstić information content (AvgIpc) is 2.48. The molecule has 1 atom stereocenters. The fraction of sp³-hybridized carbons (Fsp3) is 1.00. The van der Waals surface area contributed by atoms with Crippen LogP contribution < -0.4 is 0 Å². The van der Waals surface area contributed by atoms with Crippen LogP contribution in [0.1, 0.15) is 91.4 Å². The Hall–Kier alpha value is 0.150. The molecule has 0 aromatic rings. The van der Waals surface area contributed by atoms with Crippen molar-refractivity contribution in [3.63, 3.8) is 0 Å². The van der Waals surface area contributed by atoms with Crippen molar-refractivity contribution >= 4 is 7.60 Å². The summed E-state index contributed by atoms with van der Waals surface area (Å²) in [5.74, 6) is 0. The molecule has 0 aromatic heterocycles. The Morgan fingerprint density at radius 2 is 1.10 bits per heavy atom. The van der Waals surface area contributed by atoms with Crippen LogP contribution in [0.25, 0.3) is 0 Å². The largest absolute Gasteiger partial charge is 0.330 e. The van der Waals surface area contributed by atoms with E-state index in [1.165, 1.54) is 38.5 Å². The second kappa shape index (κ2) is 15.1. The summed E-state index contributed by atoms with van der Waals surface area (Å²) in [4.78, 5) is 0. The van der Waals surface area contributed by atoms with Crippen molar-refractivity contribution in [2.24, 2.45) is 0 Å². The Morgan fingerprint density at radius 3 is 1.67 bits per heavy atom. The normalized spacial score (nSPS) is 14.2. The van der Waals surface area contributed by atoms with Gasteiger partial charge in [-0.25, -0.2) is 0 Å². The lowest BCUT2D eigenvalue weighted by Gasteiger charge is -2.18. The molecule has 0 aliphatic carbocycles. The summed E-state index contributed by atoms with van der Waals surface area (Å²) in [5.41, 5.74) is 0. The second-order valence-corrected chi connectivity index (χ2v) is 8.01. The van der Waals surface area contributed by atoms with Gasteiger partial charge < -0.3 is 9.05 Å². The molecule has 128 valence electrons. The Balaban J connectivity index is 3.76. The topological polar surface area (TPSA) is 35.5 Å². The highest BCUT2D eigenvalue weighted by atomic mass is 31.2. The van der Waals surface area contributed by atoms with Gasteiger partial charge in [0.05, 0.1) is 19.4 Å². The lowest BCUT2D eigenvalue weighted by molar-refractivity contribution is 0.198. The number of hydrogen-bond acceptors (Lipinski definition) is 3. The summed E-state index contributed by atoms with van der Waals surface area (Å²) in [6, 6.07) is 0. The first-order chi connectivity index (χ1) is 10.2. The predicted octanol–water partition coefficient (Wildman–Crippen LogP) is 6.56. The first-order valence-electron chi connectivity index (χ1n) is 9.06. The zero-order chi connectivity index (χ0) is 15.8. The molecule has 0 aliphatic rings. The van der Waals surface area contributed by atoms with Gasteiger partial charge in [0.1, 0.15) is 0 Å². The van der Waals surface area contributed by atoms with Crippen molar-refractivity contribution in [3.05, 3.63) is 0 Å². The molecular weight excluding hydrogens is 283 g/mol. The molecule has 0 spiro atoms. The number of hydrogen-bond donors (Lipinski definition) is 0. The summed E-state index contributed by atoms with van der Waals surface area (Å²) in [6.45, 7) is 7.60. The van der Waals surface area contributed by atoms with Crippen molar-refractivity contribution in [1.82, 2.24) is 0 Å². The third-order valence-corrected chi connectivity index (χ3v) is 5.62. The second-order valence-electron chi connectivity index (χ2n) is 5.83. The maximum Gasteiger partial charge on any atom is 0.330 e. The molecule has 1 unspecified atom stereocenters. The van der Waals surface area contributed by atoms with E-state index in [4.69, 9.17) is 9.05 Å². The molecule has 0 saturated carbocycles. The zero-order valence-electron chi connectivity index (χ0n) is 14.6. The number of rotatable bonds is 16. The Labute approximate surface area is 132 Å². The molecule has 0 rings (SSSR count). The third kappa shape index (κ3) is 13.5. The van der Waals surface area contributed by atoms with E-state index in [9.17, 15) is 4.57 Å². The van der Waals surface area contributed by atoms with Gasteiger partial charge in [-0.3, -0.25) is 4.57 Å². The van der Waals surface area contributed by atoms with E-state index in [-0.39, 0.29) is 0 Å². The molecule has 21 heavy (non-hydrogen) atoms. The van der Waals surface area contributed by atoms with Crippen molar-refractivity contribution in [1.29, 1.82) is 0 Å². The molecule has 0 aliphatic heterocycles. The highest BCUT2D eigenvalue weighted by Gasteiger charge is 2.23. The van der Waals surface area contributed by atoms with Crippen molar-refractivity contribution in [3.8, 4) is 0 Å². The minimum Gasteiger partial charge on any atom is -0.309 e. The monoisotopic (exact) mass is 320 g/mol. The van der Waals surface area contributed by atoms with Crippen LogP contribution in [-0.2, 0) is 13.6 Å². The van der Waals surface area contributed by atoms with Crippen LogP contribution in [0.3, 0.4) is 0 Å². The third-order valence-electron chi connectivity index (χ3n) is 3.61. The molecule has 0 aromatic carbocycles. The van der Waals surface area contributed by atoms with Gasteiger partial charge in [-0.15, -0.1) is 0 Å². The van der Waals surface area contributed by atoms with Gasteiger partial charge in [0.15, 0.2) is 0 Å². The van der Waals surface area contributed by atoms with Gasteiger partial charge in [-0.1, -0.05) is 72.1 Å². The Morgan fingerprint density at radius 1 is 0.619 bits per heavy atom. The van der Waals surface area contributed by atoms with Gasteiger partial charge in [-0.2, -0.15) is 0 Å². The fourth-order valence-electron chi connectivity index (χ4n) is 2.13. The molecule has 0 bridgehead atoms. The van der Waals surface area contributed by atoms with E-state index >= 15 is 0 Å². The van der Waals surface area contributed by atoms with E-state index in [2.05, 4.69) is 20.8 Å². The van der Waals surface area contributed by atoms with Crippen LogP contribution in [0.5, 0.6) is 0 Å². The van der Waals surface area contributed by atoms with Crippen LogP contribution in [0, 0.1) is 0 Å². The van der Waals surface area contributed by atoms with Crippen LogP contribution >= 0.6 is 7.60 Å². The molecule has 3 nitrogen and oxygen atoms in total. The van der Waals surface area contributed by atoms with Gasteiger partial charge in [-0.05, 0) is 19.3 Å². The summed E-state index contributed by atoms with van der Waals surface area (Å²) in [7, 11) is -2.83. The molecule has 0 fully saturated rings. The first-order valence-corrected chi connectivity index (χ1v) is 10.8. The smallest absolute Gasteiger partial charge is 0.309 e. The van der Waals surface area contributed by atoms with Gasteiger partial charge >= 0.3 is 7.60 Å². The maximum absolute atomic E-state index is 12.6. The van der Waals surface area contributed by atoms with E-state index in [0.717, 1.165) is 32.1 Å². The zero-order valence-corrected chi connectivity index (χ0v) is 15.5. The van der Waals surface area contributed by atoms with Gasteiger partial charge in [0.25, 0.3) is 0 Å². The quantitative estimate of drug-likeness (QED) is 0.238. The molecule has 0 N–H and O–H groups in total. The Bertz CT molecular complexity index is 256. The molecule has 0 amide bonds. The number of unbranched alkanes of at least 4 members (excludes halogenated alkanes) is 8. The van der Waals surface area contributed by atoms with Gasteiger partial charge in [0, 0.05) is 0 Å². The minimum absolute atomic E-state index is 0.564. The summed E-state index contributed by atoms with van der Waals surface area (Å²) in [5, 5.41) is 0. The molecule has 0 saturated heterocycles. The maximum atomic E-state index is 12.6. The average molecular weight is 320 g/mol. The lowest BCUT2D eigenvalue weighted by atomic mass is 10.1. The molecular formula is C17H37O3P. The lowest BCUT2D eigenvalue weighted by Crippen LogP contribution is -2.03. The van der Waals surface area contributed by atoms with Crippen LogP contribution in [0.2, 0.25) is 0 Å². The van der Waals surface area contributed by atoms with Crippen LogP contribution in [0.4, 0.5) is 0 Å². The van der Waals surface area contributed by atoms with E-state index in [1.807, 2.05) is 0 Å². The molecule has 0 heterocycles. The SMILES string of the molecule is CCCCCCCCCOP(=O)(CCCC)OCCCC. The molecule has 0 radical (unpaired) electrons. The van der Waals surface area contributed by atoms with Crippen LogP contribution in [0.15, 0.2) is 0 Å². The van der Waals surface area contributed by atoms with Crippen molar-refractivity contribution in [2.75, 3.05) is 19.4 Å².